The molecule has 1 rings (SSSR count). The summed E-state index contributed by atoms with van der Waals surface area (Å²) in [5.41, 5.74) is -0.821. The van der Waals surface area contributed by atoms with E-state index in [0.29, 0.717) is 24.9 Å². The molecule has 0 radical (unpaired) electrons. The third-order valence-electron chi connectivity index (χ3n) is 3.42. The SMILES string of the molecule is CC(C)CC(C)(O)CNC(=O)NC1CCCCC1. The predicted molar refractivity (Wildman–Crippen MR) is 73.5 cm³/mol. The summed E-state index contributed by atoms with van der Waals surface area (Å²) in [5.74, 6) is 0.420. The Labute approximate surface area is 111 Å². The van der Waals surface area contributed by atoms with Crippen LogP contribution in [0.3, 0.4) is 0 Å². The van der Waals surface area contributed by atoms with E-state index in [2.05, 4.69) is 24.5 Å². The highest BCUT2D eigenvalue weighted by atomic mass is 16.3. The number of urea groups is 1. The summed E-state index contributed by atoms with van der Waals surface area (Å²) in [6.45, 7) is 6.21. The van der Waals surface area contributed by atoms with E-state index in [0.717, 1.165) is 12.8 Å². The zero-order chi connectivity index (χ0) is 13.6. The topological polar surface area (TPSA) is 61.4 Å². The molecule has 1 unspecified atom stereocenters. The van der Waals surface area contributed by atoms with E-state index in [1.165, 1.54) is 19.3 Å². The van der Waals surface area contributed by atoms with Gasteiger partial charge in [0, 0.05) is 12.6 Å². The van der Waals surface area contributed by atoms with Crippen molar-refractivity contribution in [3.05, 3.63) is 0 Å². The van der Waals surface area contributed by atoms with Crippen LogP contribution in [0.1, 0.15) is 59.3 Å². The van der Waals surface area contributed by atoms with Crippen LogP contribution in [0.2, 0.25) is 0 Å². The molecule has 0 bridgehead atoms. The fourth-order valence-electron chi connectivity index (χ4n) is 2.71. The first-order valence-corrected chi connectivity index (χ1v) is 7.16. The van der Waals surface area contributed by atoms with Gasteiger partial charge in [-0.1, -0.05) is 33.1 Å². The average Bonchev–Trinajstić information content (AvgIpc) is 2.26. The minimum atomic E-state index is -0.821. The van der Waals surface area contributed by atoms with Crippen molar-refractivity contribution in [2.75, 3.05) is 6.54 Å². The van der Waals surface area contributed by atoms with Gasteiger partial charge in [0.1, 0.15) is 0 Å². The minimum absolute atomic E-state index is 0.147. The molecule has 0 heterocycles. The van der Waals surface area contributed by atoms with Crippen LogP contribution in [0.25, 0.3) is 0 Å². The monoisotopic (exact) mass is 256 g/mol. The van der Waals surface area contributed by atoms with Gasteiger partial charge in [0.2, 0.25) is 0 Å². The third-order valence-corrected chi connectivity index (χ3v) is 3.42. The molecule has 2 amide bonds. The molecule has 1 aliphatic rings. The molecule has 0 spiro atoms. The lowest BCUT2D eigenvalue weighted by molar-refractivity contribution is 0.0407. The summed E-state index contributed by atoms with van der Waals surface area (Å²) in [7, 11) is 0. The number of carbonyl (C=O) groups is 1. The fraction of sp³-hybridized carbons (Fsp3) is 0.929. The van der Waals surface area contributed by atoms with Gasteiger partial charge >= 0.3 is 6.03 Å². The molecule has 0 saturated heterocycles. The predicted octanol–water partition coefficient (Wildman–Crippen LogP) is 2.42. The molecule has 1 saturated carbocycles. The van der Waals surface area contributed by atoms with E-state index in [9.17, 15) is 9.90 Å². The molecule has 1 aliphatic carbocycles. The Hall–Kier alpha value is -0.770. The third kappa shape index (κ3) is 6.24. The quantitative estimate of drug-likeness (QED) is 0.707. The van der Waals surface area contributed by atoms with E-state index < -0.39 is 5.60 Å². The fourth-order valence-corrected chi connectivity index (χ4v) is 2.71. The molecule has 1 atom stereocenters. The normalized spacial score (nSPS) is 20.5. The number of hydrogen-bond acceptors (Lipinski definition) is 2. The Morgan fingerprint density at radius 2 is 1.94 bits per heavy atom. The lowest BCUT2D eigenvalue weighted by Gasteiger charge is -2.27. The number of carbonyl (C=O) groups excluding carboxylic acids is 1. The first-order chi connectivity index (χ1) is 8.39. The van der Waals surface area contributed by atoms with Gasteiger partial charge in [-0.2, -0.15) is 0 Å². The summed E-state index contributed by atoms with van der Waals surface area (Å²) >= 11 is 0. The van der Waals surface area contributed by atoms with Gasteiger partial charge in [0.05, 0.1) is 5.60 Å². The van der Waals surface area contributed by atoms with Crippen LogP contribution in [-0.4, -0.2) is 29.3 Å². The number of hydrogen-bond donors (Lipinski definition) is 3. The van der Waals surface area contributed by atoms with Crippen LogP contribution in [0.5, 0.6) is 0 Å². The van der Waals surface area contributed by atoms with Gasteiger partial charge < -0.3 is 15.7 Å². The van der Waals surface area contributed by atoms with Crippen molar-refractivity contribution in [1.29, 1.82) is 0 Å². The molecular formula is C14H28N2O2. The molecule has 18 heavy (non-hydrogen) atoms. The van der Waals surface area contributed by atoms with E-state index in [1.807, 2.05) is 0 Å². The van der Waals surface area contributed by atoms with Gasteiger partial charge in [0.25, 0.3) is 0 Å². The van der Waals surface area contributed by atoms with Gasteiger partial charge in [-0.05, 0) is 32.1 Å². The molecule has 0 aromatic carbocycles. The van der Waals surface area contributed by atoms with E-state index in [4.69, 9.17) is 0 Å². The first-order valence-electron chi connectivity index (χ1n) is 7.16. The Morgan fingerprint density at radius 1 is 1.33 bits per heavy atom. The Kier molecular flexibility index (Phi) is 5.93. The second-order valence-corrected chi connectivity index (χ2v) is 6.26. The molecule has 3 N–H and O–H groups in total. The number of amides is 2. The summed E-state index contributed by atoms with van der Waals surface area (Å²) in [5, 5.41) is 15.9. The zero-order valence-corrected chi connectivity index (χ0v) is 12.0. The smallest absolute Gasteiger partial charge is 0.315 e. The highest BCUT2D eigenvalue weighted by Crippen LogP contribution is 2.17. The molecule has 4 heteroatoms. The van der Waals surface area contributed by atoms with Crippen LogP contribution >= 0.6 is 0 Å². The van der Waals surface area contributed by atoms with Gasteiger partial charge in [-0.3, -0.25) is 0 Å². The Morgan fingerprint density at radius 3 is 2.50 bits per heavy atom. The second-order valence-electron chi connectivity index (χ2n) is 6.26. The second kappa shape index (κ2) is 6.98. The summed E-state index contributed by atoms with van der Waals surface area (Å²) in [4.78, 5) is 11.7. The van der Waals surface area contributed by atoms with Crippen LogP contribution in [0.15, 0.2) is 0 Å². The van der Waals surface area contributed by atoms with Gasteiger partial charge in [0.15, 0.2) is 0 Å². The van der Waals surface area contributed by atoms with E-state index >= 15 is 0 Å². The molecule has 0 aliphatic heterocycles. The van der Waals surface area contributed by atoms with Crippen molar-refractivity contribution in [3.8, 4) is 0 Å². The standard InChI is InChI=1S/C14H28N2O2/c1-11(2)9-14(3,18)10-15-13(17)16-12-7-5-4-6-8-12/h11-12,18H,4-10H2,1-3H3,(H2,15,16,17). The van der Waals surface area contributed by atoms with Crippen LogP contribution in [0.4, 0.5) is 4.79 Å². The lowest BCUT2D eigenvalue weighted by Crippen LogP contribution is -2.48. The molecular weight excluding hydrogens is 228 g/mol. The van der Waals surface area contributed by atoms with Crippen LogP contribution < -0.4 is 10.6 Å². The summed E-state index contributed by atoms with van der Waals surface area (Å²) in [6.07, 6.45) is 6.54. The van der Waals surface area contributed by atoms with Crippen LogP contribution in [0, 0.1) is 5.92 Å². The number of rotatable bonds is 5. The highest BCUT2D eigenvalue weighted by molar-refractivity contribution is 5.74. The maximum absolute atomic E-state index is 11.7. The van der Waals surface area contributed by atoms with Crippen molar-refractivity contribution >= 4 is 6.03 Å². The first kappa shape index (κ1) is 15.3. The summed E-state index contributed by atoms with van der Waals surface area (Å²) in [6, 6.07) is 0.166. The Bertz CT molecular complexity index is 259. The van der Waals surface area contributed by atoms with E-state index in [1.54, 1.807) is 6.92 Å². The highest BCUT2D eigenvalue weighted by Gasteiger charge is 2.23. The molecule has 0 aromatic rings. The van der Waals surface area contributed by atoms with Gasteiger partial charge in [-0.25, -0.2) is 4.79 Å². The van der Waals surface area contributed by atoms with Crippen LogP contribution in [-0.2, 0) is 0 Å². The van der Waals surface area contributed by atoms with Crippen molar-refractivity contribution in [1.82, 2.24) is 10.6 Å². The van der Waals surface area contributed by atoms with Crippen molar-refractivity contribution in [2.24, 2.45) is 5.92 Å². The summed E-state index contributed by atoms with van der Waals surface area (Å²) < 4.78 is 0. The Balaban J connectivity index is 2.23. The van der Waals surface area contributed by atoms with Crippen molar-refractivity contribution in [2.45, 2.75) is 70.9 Å². The van der Waals surface area contributed by atoms with Crippen molar-refractivity contribution < 1.29 is 9.90 Å². The zero-order valence-electron chi connectivity index (χ0n) is 12.0. The largest absolute Gasteiger partial charge is 0.388 e. The number of nitrogens with one attached hydrogen (secondary N) is 2. The molecule has 0 aromatic heterocycles. The molecule has 1 fully saturated rings. The van der Waals surface area contributed by atoms with E-state index in [-0.39, 0.29) is 6.03 Å². The maximum Gasteiger partial charge on any atom is 0.315 e. The minimum Gasteiger partial charge on any atom is -0.388 e. The van der Waals surface area contributed by atoms with Crippen molar-refractivity contribution in [3.63, 3.8) is 0 Å². The average molecular weight is 256 g/mol. The molecule has 4 nitrogen and oxygen atoms in total. The van der Waals surface area contributed by atoms with Gasteiger partial charge in [-0.15, -0.1) is 0 Å². The molecule has 106 valence electrons. The number of aliphatic hydroxyl groups is 1. The maximum atomic E-state index is 11.7. The lowest BCUT2D eigenvalue weighted by atomic mass is 9.94.